The minimum atomic E-state index is -0.196. The Bertz CT molecular complexity index is 1470. The van der Waals surface area contributed by atoms with Crippen LogP contribution < -0.4 is 10.1 Å². The van der Waals surface area contributed by atoms with Crippen molar-refractivity contribution in [3.8, 4) is 17.0 Å². The van der Waals surface area contributed by atoms with E-state index in [4.69, 9.17) is 16.3 Å². The molecule has 2 bridgehead atoms. The summed E-state index contributed by atoms with van der Waals surface area (Å²) in [5.41, 5.74) is 4.18. The van der Waals surface area contributed by atoms with Crippen LogP contribution in [0.4, 0.5) is 0 Å². The summed E-state index contributed by atoms with van der Waals surface area (Å²) in [7, 11) is 2.25. The van der Waals surface area contributed by atoms with Crippen LogP contribution in [0.25, 0.3) is 22.2 Å². The largest absolute Gasteiger partial charge is 0.490 e. The van der Waals surface area contributed by atoms with E-state index >= 15 is 0 Å². The zero-order chi connectivity index (χ0) is 27.1. The second-order valence-electron chi connectivity index (χ2n) is 11.3. The van der Waals surface area contributed by atoms with Gasteiger partial charge >= 0.3 is 0 Å². The monoisotopic (exact) mass is 542 g/mol. The smallest absolute Gasteiger partial charge is 0.251 e. The summed E-state index contributed by atoms with van der Waals surface area (Å²) in [5, 5.41) is 12.4. The molecule has 2 N–H and O–H groups in total. The van der Waals surface area contributed by atoms with Gasteiger partial charge in [-0.25, -0.2) is 0 Å². The molecule has 1 amide bonds. The number of amides is 1. The number of carbonyl (C=O) groups is 1. The molecule has 0 spiro atoms. The summed E-state index contributed by atoms with van der Waals surface area (Å²) in [6, 6.07) is 22.6. The third-order valence-electron chi connectivity index (χ3n) is 8.50. The lowest BCUT2D eigenvalue weighted by Crippen LogP contribution is -2.43. The summed E-state index contributed by atoms with van der Waals surface area (Å²) in [4.78, 5) is 15.9. The minimum Gasteiger partial charge on any atom is -0.490 e. The Morgan fingerprint density at radius 2 is 1.77 bits per heavy atom. The van der Waals surface area contributed by atoms with Crippen LogP contribution in [0.15, 0.2) is 66.7 Å². The maximum Gasteiger partial charge on any atom is 0.251 e. The molecule has 2 aliphatic heterocycles. The molecule has 2 saturated heterocycles. The first kappa shape index (κ1) is 25.9. The van der Waals surface area contributed by atoms with E-state index in [-0.39, 0.29) is 24.0 Å². The molecule has 1 aromatic heterocycles. The van der Waals surface area contributed by atoms with Gasteiger partial charge in [-0.1, -0.05) is 43.6 Å². The van der Waals surface area contributed by atoms with Crippen LogP contribution in [0.5, 0.6) is 5.75 Å². The molecular formula is C32H35ClN4O2. The number of benzene rings is 3. The molecule has 4 aromatic rings. The van der Waals surface area contributed by atoms with E-state index in [1.165, 1.54) is 12.8 Å². The number of rotatable bonds is 7. The average Bonchev–Trinajstić information content (AvgIpc) is 3.43. The normalized spacial score (nSPS) is 21.8. The highest BCUT2D eigenvalue weighted by Crippen LogP contribution is 2.36. The van der Waals surface area contributed by atoms with Gasteiger partial charge in [0.25, 0.3) is 5.91 Å². The predicted molar refractivity (Wildman–Crippen MR) is 156 cm³/mol. The standard InChI is InChI=1S/C32H35ClN4O2/c1-19(2)30(26-6-4-5-7-28(26)33)34-32(38)21-10-15-29-27(16-21)31(36-35-29)20-8-13-24(14-9-20)39-25-17-22-11-12-23(18-25)37(22)3/h4-10,13-16,19,22-23,25,30H,11-12,17-18H2,1-3H3,(H,34,38)(H,35,36)/t22-,23+,25+,30-/m1/s1. The molecule has 2 fully saturated rings. The number of H-pyrrole nitrogens is 1. The summed E-state index contributed by atoms with van der Waals surface area (Å²) >= 11 is 6.46. The average molecular weight is 543 g/mol. The molecule has 2 aliphatic rings. The van der Waals surface area contributed by atoms with Crippen LogP contribution in [-0.4, -0.2) is 46.2 Å². The van der Waals surface area contributed by atoms with Crippen LogP contribution in [0.3, 0.4) is 0 Å². The summed E-state index contributed by atoms with van der Waals surface area (Å²) in [6.07, 6.45) is 5.03. The molecule has 0 aliphatic carbocycles. The number of ether oxygens (including phenoxy) is 1. The Balaban J connectivity index is 1.20. The number of nitrogens with zero attached hydrogens (tertiary/aromatic N) is 2. The fourth-order valence-corrected chi connectivity index (χ4v) is 6.53. The summed E-state index contributed by atoms with van der Waals surface area (Å²) in [5.74, 6) is 0.929. The summed E-state index contributed by atoms with van der Waals surface area (Å²) < 4.78 is 6.38. The predicted octanol–water partition coefficient (Wildman–Crippen LogP) is 7.01. The zero-order valence-corrected chi connectivity index (χ0v) is 23.4. The lowest BCUT2D eigenvalue weighted by molar-refractivity contribution is 0.0662. The third kappa shape index (κ3) is 5.15. The van der Waals surface area contributed by atoms with Gasteiger partial charge in [0.05, 0.1) is 17.3 Å². The van der Waals surface area contributed by atoms with Crippen LogP contribution in [0.2, 0.25) is 5.02 Å². The Kier molecular flexibility index (Phi) is 7.08. The Hall–Kier alpha value is -3.35. The number of aromatic nitrogens is 2. The minimum absolute atomic E-state index is 0.140. The van der Waals surface area contributed by atoms with Crippen molar-refractivity contribution in [1.29, 1.82) is 0 Å². The molecule has 202 valence electrons. The number of fused-ring (bicyclic) bond motifs is 3. The van der Waals surface area contributed by atoms with E-state index < -0.39 is 0 Å². The molecule has 0 radical (unpaired) electrons. The topological polar surface area (TPSA) is 70.2 Å². The second-order valence-corrected chi connectivity index (χ2v) is 11.7. The van der Waals surface area contributed by atoms with E-state index in [0.29, 0.717) is 22.7 Å². The number of nitrogens with one attached hydrogen (secondary N) is 2. The maximum atomic E-state index is 13.4. The Morgan fingerprint density at radius 1 is 1.05 bits per heavy atom. The molecule has 0 unspecified atom stereocenters. The Labute approximate surface area is 234 Å². The maximum absolute atomic E-state index is 13.4. The molecule has 7 heteroatoms. The fourth-order valence-electron chi connectivity index (χ4n) is 6.27. The first-order chi connectivity index (χ1) is 18.9. The lowest BCUT2D eigenvalue weighted by atomic mass is 9.95. The van der Waals surface area contributed by atoms with Crippen LogP contribution >= 0.6 is 11.6 Å². The van der Waals surface area contributed by atoms with Gasteiger partial charge in [0, 0.05) is 33.6 Å². The molecule has 0 saturated carbocycles. The van der Waals surface area contributed by atoms with Gasteiger partial charge in [0.1, 0.15) is 11.9 Å². The molecular weight excluding hydrogens is 508 g/mol. The second kappa shape index (κ2) is 10.7. The van der Waals surface area contributed by atoms with Crippen molar-refractivity contribution >= 4 is 28.4 Å². The summed E-state index contributed by atoms with van der Waals surface area (Å²) in [6.45, 7) is 4.16. The third-order valence-corrected chi connectivity index (χ3v) is 8.85. The number of aromatic amines is 1. The van der Waals surface area contributed by atoms with E-state index in [2.05, 4.69) is 41.3 Å². The highest BCUT2D eigenvalue weighted by atomic mass is 35.5. The number of hydrogen-bond donors (Lipinski definition) is 2. The number of halogens is 1. The highest BCUT2D eigenvalue weighted by Gasteiger charge is 2.39. The molecule has 39 heavy (non-hydrogen) atoms. The van der Waals surface area contributed by atoms with Crippen LogP contribution in [0, 0.1) is 5.92 Å². The lowest BCUT2D eigenvalue weighted by Gasteiger charge is -2.36. The van der Waals surface area contributed by atoms with Crippen molar-refractivity contribution in [2.75, 3.05) is 7.05 Å². The van der Waals surface area contributed by atoms with Gasteiger partial charge < -0.3 is 15.0 Å². The van der Waals surface area contributed by atoms with Crippen LogP contribution in [-0.2, 0) is 0 Å². The van der Waals surface area contributed by atoms with Crippen molar-refractivity contribution in [2.24, 2.45) is 5.92 Å². The highest BCUT2D eigenvalue weighted by molar-refractivity contribution is 6.31. The quantitative estimate of drug-likeness (QED) is 0.263. The van der Waals surface area contributed by atoms with Gasteiger partial charge in [-0.3, -0.25) is 9.89 Å². The van der Waals surface area contributed by atoms with Gasteiger partial charge in [-0.15, -0.1) is 0 Å². The van der Waals surface area contributed by atoms with Crippen molar-refractivity contribution in [3.05, 3.63) is 82.9 Å². The van der Waals surface area contributed by atoms with Crippen molar-refractivity contribution < 1.29 is 9.53 Å². The fraction of sp³-hybridized carbons (Fsp3) is 0.375. The van der Waals surface area contributed by atoms with E-state index in [0.717, 1.165) is 46.3 Å². The van der Waals surface area contributed by atoms with E-state index in [9.17, 15) is 4.79 Å². The molecule has 4 atom stereocenters. The first-order valence-electron chi connectivity index (χ1n) is 13.9. The van der Waals surface area contributed by atoms with E-state index in [1.807, 2.05) is 66.7 Å². The Morgan fingerprint density at radius 3 is 2.46 bits per heavy atom. The number of hydrogen-bond acceptors (Lipinski definition) is 4. The van der Waals surface area contributed by atoms with E-state index in [1.54, 1.807) is 0 Å². The van der Waals surface area contributed by atoms with Gasteiger partial charge in [-0.2, -0.15) is 5.10 Å². The van der Waals surface area contributed by atoms with Crippen LogP contribution in [0.1, 0.15) is 61.5 Å². The molecule has 3 aromatic carbocycles. The zero-order valence-electron chi connectivity index (χ0n) is 22.7. The molecule has 3 heterocycles. The SMILES string of the molecule is CC(C)[C@@H](NC(=O)c1ccc2[nH]nc(-c3ccc(O[C@H]4C[C@H]5CC[C@@H](C4)N5C)cc3)c2c1)c1ccccc1Cl. The molecule has 6 rings (SSSR count). The molecule has 6 nitrogen and oxygen atoms in total. The number of carbonyl (C=O) groups excluding carboxylic acids is 1. The number of piperidine rings is 1. The van der Waals surface area contributed by atoms with Crippen molar-refractivity contribution in [1.82, 2.24) is 20.4 Å². The van der Waals surface area contributed by atoms with Gasteiger partial charge in [0.2, 0.25) is 0 Å². The van der Waals surface area contributed by atoms with Gasteiger partial charge in [-0.05, 0) is 92.7 Å². The first-order valence-corrected chi connectivity index (χ1v) is 14.3. The van der Waals surface area contributed by atoms with Gasteiger partial charge in [0.15, 0.2) is 0 Å². The van der Waals surface area contributed by atoms with Crippen molar-refractivity contribution in [3.63, 3.8) is 0 Å². The van der Waals surface area contributed by atoms with Crippen molar-refractivity contribution in [2.45, 2.75) is 63.8 Å².